The Hall–Kier alpha value is -2.24. The number of hydrogen-bond acceptors (Lipinski definition) is 3. The fourth-order valence-electron chi connectivity index (χ4n) is 3.29. The molecule has 6 nitrogen and oxygen atoms in total. The molecule has 1 aromatic rings. The van der Waals surface area contributed by atoms with Crippen LogP contribution in [-0.4, -0.2) is 61.3 Å². The minimum Gasteiger partial charge on any atom is -0.450 e. The monoisotopic (exact) mass is 345 g/mol. The van der Waals surface area contributed by atoms with Gasteiger partial charge in [0.1, 0.15) is 0 Å². The molecule has 1 saturated carbocycles. The molecule has 0 atom stereocenters. The van der Waals surface area contributed by atoms with Crippen molar-refractivity contribution < 1.29 is 14.3 Å². The Kier molecular flexibility index (Phi) is 5.16. The predicted molar refractivity (Wildman–Crippen MR) is 95.7 cm³/mol. The Morgan fingerprint density at radius 2 is 1.68 bits per heavy atom. The zero-order valence-electron chi connectivity index (χ0n) is 15.1. The average molecular weight is 345 g/mol. The number of amides is 3. The van der Waals surface area contributed by atoms with Crippen molar-refractivity contribution in [1.82, 2.24) is 15.1 Å². The molecule has 0 aromatic heterocycles. The molecule has 6 heteroatoms. The molecular formula is C19H27N3O3. The van der Waals surface area contributed by atoms with Crippen molar-refractivity contribution in [1.29, 1.82) is 0 Å². The van der Waals surface area contributed by atoms with Crippen LogP contribution in [-0.2, 0) is 10.2 Å². The van der Waals surface area contributed by atoms with Crippen LogP contribution in [0.1, 0.15) is 30.9 Å². The molecule has 0 bridgehead atoms. The topological polar surface area (TPSA) is 61.9 Å². The van der Waals surface area contributed by atoms with E-state index in [-0.39, 0.29) is 17.5 Å². The molecule has 1 aliphatic heterocycles. The molecule has 3 amide bonds. The maximum absolute atomic E-state index is 12.4. The summed E-state index contributed by atoms with van der Waals surface area (Å²) in [7, 11) is 0. The van der Waals surface area contributed by atoms with E-state index in [2.05, 4.69) is 36.5 Å². The number of carbonyl (C=O) groups is 2. The molecule has 3 rings (SSSR count). The Morgan fingerprint density at radius 1 is 1.08 bits per heavy atom. The molecule has 2 aliphatic rings. The van der Waals surface area contributed by atoms with Gasteiger partial charge in [-0.3, -0.25) is 0 Å². The van der Waals surface area contributed by atoms with Crippen LogP contribution in [0.2, 0.25) is 0 Å². The van der Waals surface area contributed by atoms with E-state index in [1.807, 2.05) is 0 Å². The fourth-order valence-corrected chi connectivity index (χ4v) is 3.29. The highest BCUT2D eigenvalue weighted by Crippen LogP contribution is 2.47. The molecule has 0 unspecified atom stereocenters. The third-order valence-corrected chi connectivity index (χ3v) is 5.19. The molecule has 1 N–H and O–H groups in total. The number of piperazine rings is 1. The average Bonchev–Trinajstić information content (AvgIpc) is 3.42. The first kappa shape index (κ1) is 17.6. The lowest BCUT2D eigenvalue weighted by atomic mass is 9.95. The van der Waals surface area contributed by atoms with Crippen LogP contribution < -0.4 is 5.32 Å². The molecule has 25 heavy (non-hydrogen) atoms. The summed E-state index contributed by atoms with van der Waals surface area (Å²) in [5.74, 6) is 0. The molecule has 1 aliphatic carbocycles. The summed E-state index contributed by atoms with van der Waals surface area (Å²) in [5.41, 5.74) is 2.67. The van der Waals surface area contributed by atoms with Crippen LogP contribution in [0.4, 0.5) is 9.59 Å². The number of nitrogens with zero attached hydrogens (tertiary/aromatic N) is 2. The summed E-state index contributed by atoms with van der Waals surface area (Å²) in [4.78, 5) is 27.6. The van der Waals surface area contributed by atoms with Crippen molar-refractivity contribution >= 4 is 12.1 Å². The maximum atomic E-state index is 12.4. The van der Waals surface area contributed by atoms with E-state index < -0.39 is 0 Å². The van der Waals surface area contributed by atoms with Crippen molar-refractivity contribution in [3.8, 4) is 0 Å². The first-order valence-electron chi connectivity index (χ1n) is 9.06. The van der Waals surface area contributed by atoms with Crippen molar-refractivity contribution in [3.05, 3.63) is 35.4 Å². The van der Waals surface area contributed by atoms with Crippen LogP contribution >= 0.6 is 0 Å². The number of aryl methyl sites for hydroxylation is 1. The van der Waals surface area contributed by atoms with E-state index in [1.165, 1.54) is 11.1 Å². The van der Waals surface area contributed by atoms with E-state index in [1.54, 1.807) is 16.7 Å². The van der Waals surface area contributed by atoms with Gasteiger partial charge in [0.05, 0.1) is 6.61 Å². The molecule has 136 valence electrons. The highest BCUT2D eigenvalue weighted by molar-refractivity contribution is 5.75. The summed E-state index contributed by atoms with van der Waals surface area (Å²) in [6.07, 6.45) is 1.94. The van der Waals surface area contributed by atoms with Crippen LogP contribution in [0.15, 0.2) is 24.3 Å². The highest BCUT2D eigenvalue weighted by atomic mass is 16.6. The summed E-state index contributed by atoms with van der Waals surface area (Å²) in [5, 5.41) is 3.09. The number of urea groups is 1. The number of benzene rings is 1. The van der Waals surface area contributed by atoms with E-state index in [9.17, 15) is 9.59 Å². The predicted octanol–water partition coefficient (Wildman–Crippen LogP) is 2.51. The van der Waals surface area contributed by atoms with Gasteiger partial charge in [0.25, 0.3) is 0 Å². The minimum atomic E-state index is -0.293. The molecule has 0 spiro atoms. The molecule has 1 heterocycles. The highest BCUT2D eigenvalue weighted by Gasteiger charge is 2.44. The van der Waals surface area contributed by atoms with Crippen LogP contribution in [0.5, 0.6) is 0 Å². The zero-order chi connectivity index (χ0) is 17.9. The zero-order valence-corrected chi connectivity index (χ0v) is 15.1. The first-order valence-corrected chi connectivity index (χ1v) is 9.06. The van der Waals surface area contributed by atoms with Gasteiger partial charge in [0, 0.05) is 38.1 Å². The van der Waals surface area contributed by atoms with Gasteiger partial charge in [-0.05, 0) is 32.3 Å². The smallest absolute Gasteiger partial charge is 0.409 e. The lowest BCUT2D eigenvalue weighted by Crippen LogP contribution is -2.54. The Labute approximate surface area is 149 Å². The molecular weight excluding hydrogens is 318 g/mol. The second-order valence-electron chi connectivity index (χ2n) is 6.98. The van der Waals surface area contributed by atoms with E-state index in [0.29, 0.717) is 39.3 Å². The van der Waals surface area contributed by atoms with Gasteiger partial charge in [-0.2, -0.15) is 0 Å². The van der Waals surface area contributed by atoms with Crippen LogP contribution in [0.25, 0.3) is 0 Å². The molecule has 1 saturated heterocycles. The van der Waals surface area contributed by atoms with Gasteiger partial charge in [-0.1, -0.05) is 29.8 Å². The van der Waals surface area contributed by atoms with Crippen molar-refractivity contribution in [2.75, 3.05) is 39.3 Å². The van der Waals surface area contributed by atoms with Crippen LogP contribution in [0.3, 0.4) is 0 Å². The third-order valence-electron chi connectivity index (χ3n) is 5.19. The van der Waals surface area contributed by atoms with Gasteiger partial charge in [0.15, 0.2) is 0 Å². The Bertz CT molecular complexity index is 617. The summed E-state index contributed by atoms with van der Waals surface area (Å²) < 4.78 is 5.00. The minimum absolute atomic E-state index is 0.0399. The van der Waals surface area contributed by atoms with Gasteiger partial charge < -0.3 is 19.9 Å². The standard InChI is InChI=1S/C19H27N3O3/c1-3-25-18(24)22-12-10-21(11-13-22)17(23)20-14-19(8-9-19)16-6-4-15(2)5-7-16/h4-7H,3,8-14H2,1-2H3,(H,20,23). The second kappa shape index (κ2) is 7.33. The third kappa shape index (κ3) is 4.06. The lowest BCUT2D eigenvalue weighted by molar-refractivity contribution is 0.0851. The van der Waals surface area contributed by atoms with Gasteiger partial charge in [-0.25, -0.2) is 9.59 Å². The van der Waals surface area contributed by atoms with E-state index in [4.69, 9.17) is 4.74 Å². The summed E-state index contributed by atoms with van der Waals surface area (Å²) in [6, 6.07) is 8.57. The maximum Gasteiger partial charge on any atom is 0.409 e. The Balaban J connectivity index is 1.47. The number of hydrogen-bond donors (Lipinski definition) is 1. The second-order valence-corrected chi connectivity index (χ2v) is 6.98. The largest absolute Gasteiger partial charge is 0.450 e. The van der Waals surface area contributed by atoms with E-state index >= 15 is 0 Å². The first-order chi connectivity index (χ1) is 12.0. The summed E-state index contributed by atoms with van der Waals surface area (Å²) in [6.45, 7) is 7.06. The van der Waals surface area contributed by atoms with Crippen LogP contribution in [0, 0.1) is 6.92 Å². The Morgan fingerprint density at radius 3 is 2.24 bits per heavy atom. The van der Waals surface area contributed by atoms with Crippen molar-refractivity contribution in [3.63, 3.8) is 0 Å². The van der Waals surface area contributed by atoms with Gasteiger partial charge >= 0.3 is 12.1 Å². The fraction of sp³-hybridized carbons (Fsp3) is 0.579. The van der Waals surface area contributed by atoms with Crippen molar-refractivity contribution in [2.24, 2.45) is 0 Å². The quantitative estimate of drug-likeness (QED) is 0.912. The summed E-state index contributed by atoms with van der Waals surface area (Å²) >= 11 is 0. The number of nitrogens with one attached hydrogen (secondary N) is 1. The number of rotatable bonds is 4. The van der Waals surface area contributed by atoms with Gasteiger partial charge in [0.2, 0.25) is 0 Å². The SMILES string of the molecule is CCOC(=O)N1CCN(C(=O)NCC2(c3ccc(C)cc3)CC2)CC1. The van der Waals surface area contributed by atoms with E-state index in [0.717, 1.165) is 12.8 Å². The molecule has 1 aromatic carbocycles. The normalized spacial score (nSPS) is 18.6. The number of ether oxygens (including phenoxy) is 1. The van der Waals surface area contributed by atoms with Gasteiger partial charge in [-0.15, -0.1) is 0 Å². The van der Waals surface area contributed by atoms with Crippen molar-refractivity contribution in [2.45, 2.75) is 32.1 Å². The number of carbonyl (C=O) groups excluding carboxylic acids is 2. The molecule has 2 fully saturated rings. The molecule has 0 radical (unpaired) electrons. The lowest BCUT2D eigenvalue weighted by Gasteiger charge is -2.34.